The van der Waals surface area contributed by atoms with Crippen molar-refractivity contribution >= 4 is 28.7 Å². The van der Waals surface area contributed by atoms with Gasteiger partial charge in [0, 0.05) is 36.2 Å². The van der Waals surface area contributed by atoms with Crippen molar-refractivity contribution in [3.63, 3.8) is 0 Å². The Morgan fingerprint density at radius 1 is 0.975 bits per heavy atom. The minimum Gasteiger partial charge on any atom is -0.481 e. The molecule has 7 nitrogen and oxygen atoms in total. The molecule has 0 saturated carbocycles. The van der Waals surface area contributed by atoms with E-state index in [0.29, 0.717) is 64.3 Å². The summed E-state index contributed by atoms with van der Waals surface area (Å²) in [6.07, 6.45) is 12.7. The molecule has 2 aromatic carbocycles. The van der Waals surface area contributed by atoms with Gasteiger partial charge in [-0.05, 0) is 81.6 Å². The second-order valence-corrected chi connectivity index (χ2v) is 10.7. The molecule has 3 aromatic rings. The van der Waals surface area contributed by atoms with Crippen LogP contribution in [0.3, 0.4) is 0 Å². The zero-order valence-electron chi connectivity index (χ0n) is 22.9. The molecule has 1 amide bonds. The van der Waals surface area contributed by atoms with Crippen molar-refractivity contribution in [1.29, 1.82) is 0 Å². The van der Waals surface area contributed by atoms with E-state index in [1.165, 1.54) is 12.5 Å². The van der Waals surface area contributed by atoms with E-state index in [-0.39, 0.29) is 18.1 Å². The van der Waals surface area contributed by atoms with Gasteiger partial charge in [-0.25, -0.2) is 9.97 Å². The van der Waals surface area contributed by atoms with Crippen molar-refractivity contribution in [2.75, 3.05) is 13.1 Å². The number of aliphatic carboxylic acids is 1. The van der Waals surface area contributed by atoms with Gasteiger partial charge in [-0.2, -0.15) is 0 Å². The van der Waals surface area contributed by atoms with Crippen LogP contribution in [-0.4, -0.2) is 50.7 Å². The fourth-order valence-electron chi connectivity index (χ4n) is 5.71. The molecule has 40 heavy (non-hydrogen) atoms. The number of carbonyl (C=O) groups excluding carboxylic acids is 2. The molecule has 2 heterocycles. The van der Waals surface area contributed by atoms with Gasteiger partial charge in [-0.1, -0.05) is 42.5 Å². The molecular formula is C33H35N3O4. The number of amides is 1. The van der Waals surface area contributed by atoms with Crippen molar-refractivity contribution in [2.45, 2.75) is 58.3 Å². The molecule has 0 spiro atoms. The minimum absolute atomic E-state index is 0.00401. The maximum atomic E-state index is 13.5. The fourth-order valence-corrected chi connectivity index (χ4v) is 5.71. The maximum absolute atomic E-state index is 13.5. The first-order chi connectivity index (χ1) is 19.4. The normalized spacial score (nSPS) is 15.7. The number of hydrogen-bond donors (Lipinski definition) is 1. The highest BCUT2D eigenvalue weighted by Crippen LogP contribution is 2.31. The van der Waals surface area contributed by atoms with Crippen molar-refractivity contribution in [3.8, 4) is 11.3 Å². The second kappa shape index (κ2) is 12.4. The van der Waals surface area contributed by atoms with Crippen LogP contribution in [0.5, 0.6) is 0 Å². The number of rotatable bonds is 9. The molecule has 1 aromatic heterocycles. The average molecular weight is 538 g/mol. The lowest BCUT2D eigenvalue weighted by Crippen LogP contribution is -2.38. The van der Waals surface area contributed by atoms with Crippen LogP contribution in [0.2, 0.25) is 0 Å². The van der Waals surface area contributed by atoms with Crippen LogP contribution in [-0.2, 0) is 11.2 Å². The number of Topliss-reactive ketones (excluding diaryl/α,β-unsaturated/α-hetero) is 1. The number of aromatic nitrogens is 2. The smallest absolute Gasteiger partial charge is 0.303 e. The van der Waals surface area contributed by atoms with E-state index in [9.17, 15) is 14.4 Å². The van der Waals surface area contributed by atoms with E-state index in [2.05, 4.69) is 18.2 Å². The minimum atomic E-state index is -0.828. The number of ketones is 1. The largest absolute Gasteiger partial charge is 0.481 e. The first-order valence-corrected chi connectivity index (χ1v) is 14.2. The quantitative estimate of drug-likeness (QED) is 0.250. The summed E-state index contributed by atoms with van der Waals surface area (Å²) < 4.78 is 0. The van der Waals surface area contributed by atoms with Gasteiger partial charge in [0.1, 0.15) is 0 Å². The topological polar surface area (TPSA) is 100 Å². The number of allylic oxidation sites excluding steroid dienone is 4. The summed E-state index contributed by atoms with van der Waals surface area (Å²) in [6.45, 7) is 2.99. The first kappa shape index (κ1) is 27.4. The van der Waals surface area contributed by atoms with Crippen molar-refractivity contribution < 1.29 is 19.5 Å². The van der Waals surface area contributed by atoms with Crippen LogP contribution >= 0.6 is 0 Å². The zero-order chi connectivity index (χ0) is 28.1. The van der Waals surface area contributed by atoms with Gasteiger partial charge in [0.15, 0.2) is 5.78 Å². The number of aryl methyl sites for hydroxylation is 1. The predicted octanol–water partition coefficient (Wildman–Crippen LogP) is 6.43. The van der Waals surface area contributed by atoms with Crippen LogP contribution < -0.4 is 0 Å². The number of carboxylic acid groups (broad SMARTS) is 1. The Kier molecular flexibility index (Phi) is 8.48. The summed E-state index contributed by atoms with van der Waals surface area (Å²) in [5.41, 5.74) is 5.88. The molecule has 1 N–H and O–H groups in total. The molecule has 1 aliphatic heterocycles. The highest BCUT2D eigenvalue weighted by molar-refractivity contribution is 6.01. The van der Waals surface area contributed by atoms with Crippen LogP contribution in [0.25, 0.3) is 22.3 Å². The molecule has 0 atom stereocenters. The van der Waals surface area contributed by atoms with Gasteiger partial charge in [0.2, 0.25) is 0 Å². The summed E-state index contributed by atoms with van der Waals surface area (Å²) in [7, 11) is 0. The summed E-state index contributed by atoms with van der Waals surface area (Å²) in [5, 5.41) is 9.05. The third-order valence-corrected chi connectivity index (χ3v) is 7.88. The third-order valence-electron chi connectivity index (χ3n) is 7.88. The number of fused-ring (bicyclic) bond motifs is 1. The number of carboxylic acids is 1. The third kappa shape index (κ3) is 6.19. The highest BCUT2D eigenvalue weighted by atomic mass is 16.4. The maximum Gasteiger partial charge on any atom is 0.303 e. The SMILES string of the molecule is CC(=O)c1ccccc1-c1nc2ccc(C(=O)N3CCC(C4=CCCC=C4)CC3)cc2nc1CCCCC(=O)O. The van der Waals surface area contributed by atoms with Crippen molar-refractivity contribution in [3.05, 3.63) is 83.1 Å². The number of hydrogen-bond acceptors (Lipinski definition) is 5. The van der Waals surface area contributed by atoms with Gasteiger partial charge in [-0.3, -0.25) is 14.4 Å². The lowest BCUT2D eigenvalue weighted by Gasteiger charge is -2.33. The van der Waals surface area contributed by atoms with E-state index in [1.54, 1.807) is 6.07 Å². The fraction of sp³-hybridized carbons (Fsp3) is 0.364. The molecule has 1 fully saturated rings. The predicted molar refractivity (Wildman–Crippen MR) is 155 cm³/mol. The van der Waals surface area contributed by atoms with Crippen LogP contribution in [0, 0.1) is 5.92 Å². The van der Waals surface area contributed by atoms with E-state index >= 15 is 0 Å². The van der Waals surface area contributed by atoms with E-state index in [4.69, 9.17) is 15.1 Å². The summed E-state index contributed by atoms with van der Waals surface area (Å²) >= 11 is 0. The van der Waals surface area contributed by atoms with Gasteiger partial charge in [-0.15, -0.1) is 0 Å². The lowest BCUT2D eigenvalue weighted by atomic mass is 9.86. The molecule has 1 aliphatic carbocycles. The lowest BCUT2D eigenvalue weighted by molar-refractivity contribution is -0.137. The standard InChI is InChI=1S/C33H35N3O4/c1-22(37)26-11-5-6-12-27(26)32-29(13-7-8-14-31(38)39)34-30-21-25(15-16-28(30)35-32)33(40)36-19-17-24(18-20-36)23-9-3-2-4-10-23/h3,5-6,9-12,15-16,21,24H,2,4,7-8,13-14,17-20H2,1H3,(H,38,39). The number of nitrogens with zero attached hydrogens (tertiary/aromatic N) is 3. The van der Waals surface area contributed by atoms with E-state index in [1.807, 2.05) is 41.3 Å². The number of likely N-dealkylation sites (tertiary alicyclic amines) is 1. The van der Waals surface area contributed by atoms with Gasteiger partial charge < -0.3 is 10.0 Å². The number of piperidine rings is 1. The molecule has 206 valence electrons. The van der Waals surface area contributed by atoms with Crippen LogP contribution in [0.15, 0.2) is 66.3 Å². The molecule has 0 unspecified atom stereocenters. The summed E-state index contributed by atoms with van der Waals surface area (Å²) in [5.74, 6) is -0.368. The van der Waals surface area contributed by atoms with Gasteiger partial charge >= 0.3 is 5.97 Å². The highest BCUT2D eigenvalue weighted by Gasteiger charge is 2.26. The Hall–Kier alpha value is -4.13. The van der Waals surface area contributed by atoms with Crippen molar-refractivity contribution in [2.24, 2.45) is 5.92 Å². The van der Waals surface area contributed by atoms with Gasteiger partial charge in [0.25, 0.3) is 5.91 Å². The number of carbonyl (C=O) groups is 3. The Balaban J connectivity index is 1.41. The molecule has 0 bridgehead atoms. The molecule has 1 saturated heterocycles. The molecular weight excluding hydrogens is 502 g/mol. The average Bonchev–Trinajstić information content (AvgIpc) is 2.98. The monoisotopic (exact) mass is 537 g/mol. The Labute approximate surface area is 234 Å². The van der Waals surface area contributed by atoms with E-state index in [0.717, 1.165) is 38.8 Å². The Morgan fingerprint density at radius 2 is 1.77 bits per heavy atom. The molecule has 2 aliphatic rings. The molecule has 5 rings (SSSR count). The van der Waals surface area contributed by atoms with Crippen LogP contribution in [0.1, 0.15) is 78.3 Å². The van der Waals surface area contributed by atoms with Crippen molar-refractivity contribution in [1.82, 2.24) is 14.9 Å². The number of unbranched alkanes of at least 4 members (excludes halogenated alkanes) is 1. The van der Waals surface area contributed by atoms with Crippen LogP contribution in [0.4, 0.5) is 0 Å². The van der Waals surface area contributed by atoms with E-state index < -0.39 is 5.97 Å². The second-order valence-electron chi connectivity index (χ2n) is 10.7. The Bertz CT molecular complexity index is 1500. The summed E-state index contributed by atoms with van der Waals surface area (Å²) in [6, 6.07) is 12.8. The zero-order valence-corrected chi connectivity index (χ0v) is 22.9. The Morgan fingerprint density at radius 3 is 2.50 bits per heavy atom. The molecule has 0 radical (unpaired) electrons. The summed E-state index contributed by atoms with van der Waals surface area (Å²) in [4.78, 5) is 48.6. The van der Waals surface area contributed by atoms with Gasteiger partial charge in [0.05, 0.1) is 22.4 Å². The first-order valence-electron chi connectivity index (χ1n) is 14.2. The number of benzene rings is 2. The molecule has 7 heteroatoms.